The Kier molecular flexibility index (Phi) is 6.53. The molecule has 0 unspecified atom stereocenters. The predicted octanol–water partition coefficient (Wildman–Crippen LogP) is 1.08. The van der Waals surface area contributed by atoms with Gasteiger partial charge in [0.1, 0.15) is 17.9 Å². The predicted molar refractivity (Wildman–Crippen MR) is 105 cm³/mol. The van der Waals surface area contributed by atoms with E-state index in [9.17, 15) is 13.2 Å². The molecular formula is C19H26N4O5S. The molecule has 1 amide bonds. The third-order valence-corrected chi connectivity index (χ3v) is 6.71. The van der Waals surface area contributed by atoms with E-state index in [4.69, 9.17) is 9.15 Å². The average Bonchev–Trinajstić information content (AvgIpc) is 3.07. The smallest absolute Gasteiger partial charge is 0.231 e. The zero-order valence-electron chi connectivity index (χ0n) is 16.8. The lowest BCUT2D eigenvalue weighted by molar-refractivity contribution is -0.121. The summed E-state index contributed by atoms with van der Waals surface area (Å²) in [6.07, 6.45) is 1.68. The first kappa shape index (κ1) is 21.3. The number of piperidine rings is 1. The van der Waals surface area contributed by atoms with Gasteiger partial charge in [-0.25, -0.2) is 8.42 Å². The number of aromatic nitrogens is 2. The molecule has 0 radical (unpaired) electrons. The molecule has 9 nitrogen and oxygen atoms in total. The van der Waals surface area contributed by atoms with Crippen LogP contribution < -0.4 is 15.4 Å². The molecule has 0 aliphatic carbocycles. The Bertz CT molecular complexity index is 957. The van der Waals surface area contributed by atoms with Gasteiger partial charge in [-0.05, 0) is 63.0 Å². The molecule has 2 N–H and O–H groups in total. The van der Waals surface area contributed by atoms with Crippen LogP contribution in [0.1, 0.15) is 35.7 Å². The molecule has 2 aromatic rings. The minimum absolute atomic E-state index is 0.0377. The maximum absolute atomic E-state index is 12.9. The fraction of sp³-hybridized carbons (Fsp3) is 0.526. The molecule has 1 fully saturated rings. The summed E-state index contributed by atoms with van der Waals surface area (Å²) in [5.74, 6) is 0.0221. The van der Waals surface area contributed by atoms with Crippen LogP contribution in [0.25, 0.3) is 0 Å². The van der Waals surface area contributed by atoms with E-state index < -0.39 is 15.6 Å². The van der Waals surface area contributed by atoms with Crippen molar-refractivity contribution < 1.29 is 22.4 Å². The van der Waals surface area contributed by atoms with Crippen LogP contribution in [0.2, 0.25) is 0 Å². The third kappa shape index (κ3) is 5.33. The van der Waals surface area contributed by atoms with E-state index in [-0.39, 0.29) is 35.0 Å². The van der Waals surface area contributed by atoms with Crippen molar-refractivity contribution in [3.63, 3.8) is 0 Å². The zero-order valence-corrected chi connectivity index (χ0v) is 17.6. The molecule has 3 rings (SSSR count). The van der Waals surface area contributed by atoms with E-state index in [1.54, 1.807) is 26.0 Å². The summed E-state index contributed by atoms with van der Waals surface area (Å²) in [4.78, 5) is 12.4. The van der Waals surface area contributed by atoms with E-state index in [0.29, 0.717) is 16.9 Å². The Morgan fingerprint density at radius 2 is 1.83 bits per heavy atom. The lowest BCUT2D eigenvalue weighted by atomic mass is 10.1. The van der Waals surface area contributed by atoms with Crippen molar-refractivity contribution in [2.45, 2.75) is 49.8 Å². The van der Waals surface area contributed by atoms with Crippen LogP contribution in [-0.4, -0.2) is 50.8 Å². The second-order valence-electron chi connectivity index (χ2n) is 7.21. The highest BCUT2D eigenvalue weighted by Gasteiger charge is 2.25. The Labute approximate surface area is 170 Å². The number of hydrogen-bond donors (Lipinski definition) is 2. The highest BCUT2D eigenvalue weighted by molar-refractivity contribution is 7.90. The first-order chi connectivity index (χ1) is 13.8. The Morgan fingerprint density at radius 3 is 2.45 bits per heavy atom. The quantitative estimate of drug-likeness (QED) is 0.679. The van der Waals surface area contributed by atoms with Crippen molar-refractivity contribution in [3.05, 3.63) is 35.0 Å². The van der Waals surface area contributed by atoms with Gasteiger partial charge in [-0.15, -0.1) is 10.2 Å². The molecule has 0 atom stereocenters. The van der Waals surface area contributed by atoms with E-state index in [1.807, 2.05) is 0 Å². The van der Waals surface area contributed by atoms with Gasteiger partial charge in [0.05, 0.1) is 12.0 Å². The number of nitrogens with one attached hydrogen (secondary N) is 2. The number of aryl methyl sites for hydroxylation is 2. The van der Waals surface area contributed by atoms with Crippen LogP contribution in [0.5, 0.6) is 5.75 Å². The lowest BCUT2D eigenvalue weighted by Gasteiger charge is -2.23. The maximum atomic E-state index is 12.9. The number of hydrogen-bond acceptors (Lipinski definition) is 8. The molecule has 1 aromatic heterocycles. The van der Waals surface area contributed by atoms with Crippen LogP contribution in [0.4, 0.5) is 0 Å². The number of carbonyl (C=O) groups is 1. The van der Waals surface area contributed by atoms with E-state index >= 15 is 0 Å². The highest BCUT2D eigenvalue weighted by atomic mass is 32.2. The van der Waals surface area contributed by atoms with Crippen molar-refractivity contribution in [3.8, 4) is 5.75 Å². The first-order valence-electron chi connectivity index (χ1n) is 9.48. The summed E-state index contributed by atoms with van der Waals surface area (Å²) in [6, 6.07) is 3.47. The number of nitrogens with zero attached hydrogens (tertiary/aromatic N) is 2. The second-order valence-corrected chi connectivity index (χ2v) is 9.13. The molecule has 0 saturated carbocycles. The lowest BCUT2D eigenvalue weighted by Crippen LogP contribution is -2.43. The van der Waals surface area contributed by atoms with Crippen molar-refractivity contribution in [1.82, 2.24) is 20.8 Å². The molecule has 1 saturated heterocycles. The minimum Gasteiger partial charge on any atom is -0.497 e. The molecule has 0 spiro atoms. The van der Waals surface area contributed by atoms with Crippen molar-refractivity contribution >= 4 is 15.7 Å². The average molecular weight is 423 g/mol. The van der Waals surface area contributed by atoms with E-state index in [2.05, 4.69) is 20.8 Å². The van der Waals surface area contributed by atoms with Gasteiger partial charge in [0.15, 0.2) is 9.84 Å². The number of ether oxygens (including phenoxy) is 1. The molecule has 2 heterocycles. The fourth-order valence-electron chi connectivity index (χ4n) is 3.55. The molecular weight excluding hydrogens is 396 g/mol. The van der Waals surface area contributed by atoms with Gasteiger partial charge in [-0.2, -0.15) is 0 Å². The Hall–Kier alpha value is -2.46. The van der Waals surface area contributed by atoms with Crippen molar-refractivity contribution in [2.75, 3.05) is 20.2 Å². The summed E-state index contributed by atoms with van der Waals surface area (Å²) in [5, 5.41) is 13.8. The summed E-state index contributed by atoms with van der Waals surface area (Å²) in [6.45, 7) is 5.18. The van der Waals surface area contributed by atoms with E-state index in [1.165, 1.54) is 7.11 Å². The third-order valence-electron chi connectivity index (χ3n) is 4.82. The molecule has 10 heteroatoms. The van der Waals surface area contributed by atoms with Gasteiger partial charge in [0.25, 0.3) is 0 Å². The van der Waals surface area contributed by atoms with Crippen LogP contribution >= 0.6 is 0 Å². The Morgan fingerprint density at radius 1 is 1.21 bits per heavy atom. The first-order valence-corrected chi connectivity index (χ1v) is 11.1. The van der Waals surface area contributed by atoms with Gasteiger partial charge >= 0.3 is 0 Å². The van der Waals surface area contributed by atoms with Gasteiger partial charge < -0.3 is 19.8 Å². The topological polar surface area (TPSA) is 123 Å². The van der Waals surface area contributed by atoms with E-state index in [0.717, 1.165) is 25.9 Å². The SMILES string of the molecule is COc1cc(C)c(S(=O)(=O)Cc2nnc(CC(=O)NC3CCNCC3)o2)c(C)c1. The molecule has 1 aliphatic heterocycles. The largest absolute Gasteiger partial charge is 0.497 e. The van der Waals surface area contributed by atoms with Crippen LogP contribution in [0.15, 0.2) is 21.4 Å². The van der Waals surface area contributed by atoms with Crippen LogP contribution in [0.3, 0.4) is 0 Å². The van der Waals surface area contributed by atoms with Gasteiger partial charge in [0.2, 0.25) is 17.7 Å². The van der Waals surface area contributed by atoms with Crippen molar-refractivity contribution in [1.29, 1.82) is 0 Å². The van der Waals surface area contributed by atoms with Gasteiger partial charge in [-0.3, -0.25) is 4.79 Å². The molecule has 158 valence electrons. The number of sulfone groups is 1. The number of rotatable bonds is 7. The summed E-state index contributed by atoms with van der Waals surface area (Å²) >= 11 is 0. The van der Waals surface area contributed by atoms with Crippen LogP contribution in [0, 0.1) is 13.8 Å². The molecule has 0 bridgehead atoms. The second kappa shape index (κ2) is 8.91. The number of benzene rings is 1. The maximum Gasteiger partial charge on any atom is 0.231 e. The summed E-state index contributed by atoms with van der Waals surface area (Å²) in [5.41, 5.74) is 1.17. The standard InChI is InChI=1S/C19H26N4O5S/c1-12-8-15(27-3)9-13(2)19(12)29(25,26)11-18-23-22-17(28-18)10-16(24)21-14-4-6-20-7-5-14/h8-9,14,20H,4-7,10-11H2,1-3H3,(H,21,24). The van der Waals surface area contributed by atoms with Crippen molar-refractivity contribution in [2.24, 2.45) is 0 Å². The summed E-state index contributed by atoms with van der Waals surface area (Å²) in [7, 11) is -2.17. The normalized spacial score (nSPS) is 15.3. The molecule has 1 aromatic carbocycles. The van der Waals surface area contributed by atoms with Gasteiger partial charge in [-0.1, -0.05) is 0 Å². The zero-order chi connectivity index (χ0) is 21.0. The number of amides is 1. The Balaban J connectivity index is 1.67. The fourth-order valence-corrected chi connectivity index (χ4v) is 5.24. The van der Waals surface area contributed by atoms with Gasteiger partial charge in [0, 0.05) is 6.04 Å². The monoisotopic (exact) mass is 422 g/mol. The minimum atomic E-state index is -3.70. The number of methoxy groups -OCH3 is 1. The molecule has 1 aliphatic rings. The number of carbonyl (C=O) groups excluding carboxylic acids is 1. The van der Waals surface area contributed by atoms with Crippen LogP contribution in [-0.2, 0) is 26.8 Å². The highest BCUT2D eigenvalue weighted by Crippen LogP contribution is 2.28. The molecule has 29 heavy (non-hydrogen) atoms. The summed E-state index contributed by atoms with van der Waals surface area (Å²) < 4.78 is 36.4.